The van der Waals surface area contributed by atoms with Crippen molar-refractivity contribution < 1.29 is 0 Å². The minimum atomic E-state index is 1.08. The van der Waals surface area contributed by atoms with Crippen molar-refractivity contribution in [2.45, 2.75) is 71.1 Å². The highest BCUT2D eigenvalue weighted by atomic mass is 15.1. The van der Waals surface area contributed by atoms with E-state index in [-0.39, 0.29) is 0 Å². The minimum Gasteiger partial charge on any atom is -0.367 e. The van der Waals surface area contributed by atoms with Gasteiger partial charge in [-0.3, -0.25) is 0 Å². The zero-order valence-electron chi connectivity index (χ0n) is 14.4. The number of fused-ring (bicyclic) bond motifs is 1. The molecule has 2 rings (SSSR count). The number of anilines is 1. The number of unbranched alkanes of at least 4 members (excludes halogenated alkanes) is 9. The second kappa shape index (κ2) is 10.5. The van der Waals surface area contributed by atoms with Gasteiger partial charge >= 0.3 is 0 Å². The highest BCUT2D eigenvalue weighted by Crippen LogP contribution is 2.25. The number of benzene rings is 1. The zero-order valence-corrected chi connectivity index (χ0v) is 14.4. The van der Waals surface area contributed by atoms with Gasteiger partial charge in [0.25, 0.3) is 0 Å². The molecule has 0 saturated heterocycles. The molecule has 1 aromatic carbocycles. The summed E-state index contributed by atoms with van der Waals surface area (Å²) in [6.07, 6.45) is 18.7. The number of hydrogen-bond acceptors (Lipinski definition) is 1. The van der Waals surface area contributed by atoms with Gasteiger partial charge in [0.05, 0.1) is 0 Å². The van der Waals surface area contributed by atoms with Gasteiger partial charge in [-0.05, 0) is 18.1 Å². The zero-order chi connectivity index (χ0) is 15.5. The highest BCUT2D eigenvalue weighted by molar-refractivity contribution is 5.71. The van der Waals surface area contributed by atoms with Crippen LogP contribution >= 0.6 is 0 Å². The van der Waals surface area contributed by atoms with Gasteiger partial charge < -0.3 is 4.90 Å². The highest BCUT2D eigenvalue weighted by Gasteiger charge is 2.11. The maximum Gasteiger partial charge on any atom is 0.0442 e. The average Bonchev–Trinajstić information content (AvgIpc) is 2.56. The van der Waals surface area contributed by atoms with E-state index in [1.165, 1.54) is 82.0 Å². The number of para-hydroxylation sites is 1. The first-order chi connectivity index (χ1) is 10.9. The summed E-state index contributed by atoms with van der Waals surface area (Å²) in [6, 6.07) is 8.77. The van der Waals surface area contributed by atoms with Crippen LogP contribution in [-0.2, 0) is 0 Å². The molecule has 0 bridgehead atoms. The van der Waals surface area contributed by atoms with E-state index in [4.69, 9.17) is 0 Å². The SMILES string of the molecule is CCCCCCCCCCCCN1CC=Cc2ccccc21. The first-order valence-electron chi connectivity index (χ1n) is 9.42. The van der Waals surface area contributed by atoms with E-state index in [1.54, 1.807) is 0 Å². The van der Waals surface area contributed by atoms with Gasteiger partial charge in [-0.1, -0.05) is 95.1 Å². The minimum absolute atomic E-state index is 1.08. The quantitative estimate of drug-likeness (QED) is 0.425. The molecule has 1 aromatic rings. The van der Waals surface area contributed by atoms with Crippen LogP contribution in [0, 0.1) is 0 Å². The van der Waals surface area contributed by atoms with Crippen LogP contribution in [0.1, 0.15) is 76.7 Å². The van der Waals surface area contributed by atoms with Gasteiger partial charge in [0, 0.05) is 18.8 Å². The molecule has 1 nitrogen and oxygen atoms in total. The maximum atomic E-state index is 2.53. The van der Waals surface area contributed by atoms with E-state index in [0.29, 0.717) is 0 Å². The van der Waals surface area contributed by atoms with Gasteiger partial charge in [0.1, 0.15) is 0 Å². The third-order valence-corrected chi connectivity index (χ3v) is 4.68. The number of hydrogen-bond donors (Lipinski definition) is 0. The lowest BCUT2D eigenvalue weighted by Gasteiger charge is -2.28. The molecule has 1 heterocycles. The molecular formula is C21H33N. The second-order valence-electron chi connectivity index (χ2n) is 6.59. The molecule has 0 atom stereocenters. The van der Waals surface area contributed by atoms with Crippen LogP contribution in [0.3, 0.4) is 0 Å². The molecular weight excluding hydrogens is 266 g/mol. The first kappa shape index (κ1) is 17.1. The third-order valence-electron chi connectivity index (χ3n) is 4.68. The Morgan fingerprint density at radius 2 is 1.45 bits per heavy atom. The Hall–Kier alpha value is -1.24. The Balaban J connectivity index is 1.52. The smallest absolute Gasteiger partial charge is 0.0442 e. The lowest BCUT2D eigenvalue weighted by Crippen LogP contribution is -2.26. The molecule has 0 fully saturated rings. The van der Waals surface area contributed by atoms with Crippen molar-refractivity contribution in [2.24, 2.45) is 0 Å². The summed E-state index contributed by atoms with van der Waals surface area (Å²) in [4.78, 5) is 2.53. The van der Waals surface area contributed by atoms with Gasteiger partial charge in [0.15, 0.2) is 0 Å². The molecule has 22 heavy (non-hydrogen) atoms. The number of rotatable bonds is 11. The van der Waals surface area contributed by atoms with Gasteiger partial charge in [0.2, 0.25) is 0 Å². The van der Waals surface area contributed by atoms with Gasteiger partial charge in [-0.2, -0.15) is 0 Å². The summed E-state index contributed by atoms with van der Waals surface area (Å²) in [5.41, 5.74) is 2.79. The molecule has 0 unspecified atom stereocenters. The standard InChI is InChI=1S/C21H33N/c1-2-3-4-5-6-7-8-9-10-13-18-22-19-14-16-20-15-11-12-17-21(20)22/h11-12,14-17H,2-10,13,18-19H2,1H3. The van der Waals surface area contributed by atoms with E-state index >= 15 is 0 Å². The normalized spacial score (nSPS) is 13.4. The molecule has 1 heteroatoms. The van der Waals surface area contributed by atoms with Crippen LogP contribution in [0.15, 0.2) is 30.3 Å². The van der Waals surface area contributed by atoms with Crippen molar-refractivity contribution in [2.75, 3.05) is 18.0 Å². The first-order valence-corrected chi connectivity index (χ1v) is 9.42. The lowest BCUT2D eigenvalue weighted by molar-refractivity contribution is 0.555. The van der Waals surface area contributed by atoms with Crippen molar-refractivity contribution in [3.63, 3.8) is 0 Å². The summed E-state index contributed by atoms with van der Waals surface area (Å²) in [5, 5.41) is 0. The maximum absolute atomic E-state index is 2.53. The Bertz CT molecular complexity index is 435. The summed E-state index contributed by atoms with van der Waals surface area (Å²) in [5.74, 6) is 0. The van der Waals surface area contributed by atoms with E-state index in [9.17, 15) is 0 Å². The lowest BCUT2D eigenvalue weighted by atomic mass is 10.1. The molecule has 0 amide bonds. The molecule has 1 aliphatic rings. The van der Waals surface area contributed by atoms with Crippen LogP contribution in [0.5, 0.6) is 0 Å². The molecule has 0 radical (unpaired) electrons. The molecule has 122 valence electrons. The molecule has 0 N–H and O–H groups in total. The second-order valence-corrected chi connectivity index (χ2v) is 6.59. The predicted octanol–water partition coefficient (Wildman–Crippen LogP) is 6.44. The van der Waals surface area contributed by atoms with Gasteiger partial charge in [-0.15, -0.1) is 0 Å². The van der Waals surface area contributed by atoms with Crippen molar-refractivity contribution >= 4 is 11.8 Å². The van der Waals surface area contributed by atoms with E-state index in [1.807, 2.05) is 0 Å². The van der Waals surface area contributed by atoms with E-state index in [0.717, 1.165) is 6.54 Å². The van der Waals surface area contributed by atoms with Crippen LogP contribution in [0.4, 0.5) is 5.69 Å². The third kappa shape index (κ3) is 5.87. The Morgan fingerprint density at radius 1 is 0.818 bits per heavy atom. The van der Waals surface area contributed by atoms with Crippen molar-refractivity contribution in [3.05, 3.63) is 35.9 Å². The van der Waals surface area contributed by atoms with Crippen molar-refractivity contribution in [1.29, 1.82) is 0 Å². The monoisotopic (exact) mass is 299 g/mol. The molecule has 0 aromatic heterocycles. The van der Waals surface area contributed by atoms with Crippen molar-refractivity contribution in [1.82, 2.24) is 0 Å². The topological polar surface area (TPSA) is 3.24 Å². The fourth-order valence-electron chi connectivity index (χ4n) is 3.32. The molecule has 1 aliphatic heterocycles. The van der Waals surface area contributed by atoms with Crippen LogP contribution < -0.4 is 4.90 Å². The van der Waals surface area contributed by atoms with Gasteiger partial charge in [-0.25, -0.2) is 0 Å². The van der Waals surface area contributed by atoms with E-state index < -0.39 is 0 Å². The largest absolute Gasteiger partial charge is 0.367 e. The van der Waals surface area contributed by atoms with Crippen LogP contribution in [-0.4, -0.2) is 13.1 Å². The summed E-state index contributed by atoms with van der Waals surface area (Å²) in [7, 11) is 0. The Labute approximate surface area is 137 Å². The fourth-order valence-corrected chi connectivity index (χ4v) is 3.32. The average molecular weight is 300 g/mol. The van der Waals surface area contributed by atoms with Crippen molar-refractivity contribution in [3.8, 4) is 0 Å². The number of nitrogens with zero attached hydrogens (tertiary/aromatic N) is 1. The fraction of sp³-hybridized carbons (Fsp3) is 0.619. The molecule has 0 saturated carbocycles. The van der Waals surface area contributed by atoms with Crippen LogP contribution in [0.25, 0.3) is 6.08 Å². The molecule has 0 aliphatic carbocycles. The van der Waals surface area contributed by atoms with E-state index in [2.05, 4.69) is 48.2 Å². The Kier molecular flexibility index (Phi) is 8.15. The summed E-state index contributed by atoms with van der Waals surface area (Å²) < 4.78 is 0. The molecule has 0 spiro atoms. The summed E-state index contributed by atoms with van der Waals surface area (Å²) in [6.45, 7) is 4.57. The van der Waals surface area contributed by atoms with Crippen LogP contribution in [0.2, 0.25) is 0 Å². The Morgan fingerprint density at radius 3 is 2.18 bits per heavy atom. The predicted molar refractivity (Wildman–Crippen MR) is 99.5 cm³/mol. The summed E-state index contributed by atoms with van der Waals surface area (Å²) >= 11 is 0.